The van der Waals surface area contributed by atoms with Crippen molar-refractivity contribution in [1.29, 1.82) is 5.41 Å². The molecule has 0 spiro atoms. The average molecular weight is 620 g/mol. The Morgan fingerprint density at radius 3 is 2.70 bits per heavy atom. The van der Waals surface area contributed by atoms with E-state index < -0.39 is 11.5 Å². The number of aromatic nitrogens is 3. The lowest BCUT2D eigenvalue weighted by atomic mass is 10.00. The van der Waals surface area contributed by atoms with E-state index in [9.17, 15) is 4.79 Å². The molecule has 234 valence electrons. The fourth-order valence-corrected chi connectivity index (χ4v) is 6.59. The normalized spacial score (nSPS) is 18.3. The monoisotopic (exact) mass is 619 g/mol. The molecule has 1 aliphatic rings. The highest BCUT2D eigenvalue weighted by molar-refractivity contribution is 6.31. The van der Waals surface area contributed by atoms with Gasteiger partial charge in [0.15, 0.2) is 5.82 Å². The summed E-state index contributed by atoms with van der Waals surface area (Å²) < 4.78 is 16.7. The number of H-pyrrole nitrogens is 1. The number of nitrogens with one attached hydrogen (secondary N) is 3. The molecule has 0 amide bonds. The van der Waals surface area contributed by atoms with Crippen LogP contribution in [-0.2, 0) is 6.42 Å². The van der Waals surface area contributed by atoms with Gasteiger partial charge >= 0.3 is 5.69 Å². The van der Waals surface area contributed by atoms with Gasteiger partial charge in [-0.05, 0) is 101 Å². The zero-order valence-corrected chi connectivity index (χ0v) is 26.6. The number of rotatable bonds is 10. The van der Waals surface area contributed by atoms with Gasteiger partial charge < -0.3 is 16.0 Å². The first-order valence-corrected chi connectivity index (χ1v) is 16.0. The minimum atomic E-state index is -0.508. The molecule has 44 heavy (non-hydrogen) atoms. The first kappa shape index (κ1) is 31.9. The lowest BCUT2D eigenvalue weighted by molar-refractivity contribution is 0.167. The van der Waals surface area contributed by atoms with Crippen LogP contribution in [0, 0.1) is 11.2 Å². The highest BCUT2D eigenvalue weighted by atomic mass is 35.5. The van der Waals surface area contributed by atoms with Crippen LogP contribution < -0.4 is 16.7 Å². The fraction of sp³-hybridized carbons (Fsp3) is 0.441. The molecule has 3 atom stereocenters. The second kappa shape index (κ2) is 14.1. The van der Waals surface area contributed by atoms with E-state index in [1.165, 1.54) is 23.0 Å². The molecule has 5 rings (SSSR count). The van der Waals surface area contributed by atoms with E-state index in [0.717, 1.165) is 56.3 Å². The second-order valence-electron chi connectivity index (χ2n) is 12.2. The van der Waals surface area contributed by atoms with Crippen molar-refractivity contribution in [3.05, 3.63) is 81.1 Å². The molecule has 1 saturated heterocycles. The molecule has 0 aliphatic carbocycles. The Hall–Kier alpha value is -3.53. The molecule has 0 unspecified atom stereocenters. The van der Waals surface area contributed by atoms with Crippen LogP contribution in [0.3, 0.4) is 0 Å². The van der Waals surface area contributed by atoms with Crippen LogP contribution in [0.25, 0.3) is 28.0 Å². The average Bonchev–Trinajstić information content (AvgIpc) is 3.30. The zero-order chi connectivity index (χ0) is 31.4. The van der Waals surface area contributed by atoms with Crippen molar-refractivity contribution < 1.29 is 4.39 Å². The summed E-state index contributed by atoms with van der Waals surface area (Å²) in [7, 11) is 2.20. The van der Waals surface area contributed by atoms with E-state index in [4.69, 9.17) is 22.7 Å². The Morgan fingerprint density at radius 2 is 1.98 bits per heavy atom. The molecule has 0 bridgehead atoms. The summed E-state index contributed by atoms with van der Waals surface area (Å²) in [6.45, 7) is 4.55. The van der Waals surface area contributed by atoms with Crippen molar-refractivity contribution in [2.75, 3.05) is 13.6 Å². The third kappa shape index (κ3) is 7.39. The van der Waals surface area contributed by atoms with Gasteiger partial charge in [-0.3, -0.25) is 14.9 Å². The fourth-order valence-electron chi connectivity index (χ4n) is 6.35. The number of amidine groups is 1. The molecule has 5 N–H and O–H groups in total. The molecular formula is C34H43ClFN7O. The van der Waals surface area contributed by atoms with Gasteiger partial charge in [-0.1, -0.05) is 36.6 Å². The van der Waals surface area contributed by atoms with Crippen LogP contribution in [0.4, 0.5) is 4.39 Å². The number of nitrogens with two attached hydrogens (primary N) is 1. The molecular weight excluding hydrogens is 577 g/mol. The molecule has 0 saturated carbocycles. The van der Waals surface area contributed by atoms with Crippen molar-refractivity contribution in [3.8, 4) is 16.9 Å². The van der Waals surface area contributed by atoms with Crippen LogP contribution in [0.1, 0.15) is 76.0 Å². The Labute approximate surface area is 263 Å². The highest BCUT2D eigenvalue weighted by Gasteiger charge is 2.26. The Balaban J connectivity index is 1.38. The van der Waals surface area contributed by atoms with Crippen molar-refractivity contribution in [3.63, 3.8) is 0 Å². The summed E-state index contributed by atoms with van der Waals surface area (Å²) in [5.41, 5.74) is 9.61. The number of halogens is 2. The van der Waals surface area contributed by atoms with E-state index in [2.05, 4.69) is 39.4 Å². The first-order valence-electron chi connectivity index (χ1n) is 15.6. The van der Waals surface area contributed by atoms with E-state index in [1.54, 1.807) is 25.3 Å². The third-order valence-corrected chi connectivity index (χ3v) is 9.04. The van der Waals surface area contributed by atoms with E-state index in [1.807, 2.05) is 25.1 Å². The largest absolute Gasteiger partial charge is 0.374 e. The Kier molecular flexibility index (Phi) is 10.2. The highest BCUT2D eigenvalue weighted by Crippen LogP contribution is 2.34. The number of nitrogens with zero attached hydrogens (tertiary/aromatic N) is 3. The summed E-state index contributed by atoms with van der Waals surface area (Å²) in [6, 6.07) is 14.3. The quantitative estimate of drug-likeness (QED) is 0.116. The van der Waals surface area contributed by atoms with Crippen LogP contribution >= 0.6 is 11.6 Å². The minimum absolute atomic E-state index is 0.0633. The molecule has 4 aromatic rings. The standard InChI is InChI=1S/C34H43ClFN7O/c1-21(37)7-6-8-23-17-28(32(36)29(35)18-23)30-19-25-20-43(34(44)41-33(25)40-30)27-13-11-24(12-14-27)31-10-5-4-9-26(42(31)3)15-16-39-22(2)38/h11-14,17-21,26,31H,4-10,15-16,37H2,1-3H3,(H2,38,39)(H,40,41,44)/t21-,26-,31-/m0/s1. The smallest absolute Gasteiger partial charge is 0.354 e. The lowest BCUT2D eigenvalue weighted by Gasteiger charge is -2.33. The topological polar surface area (TPSA) is 116 Å². The Bertz CT molecular complexity index is 1660. The van der Waals surface area contributed by atoms with Crippen molar-refractivity contribution in [2.24, 2.45) is 5.73 Å². The summed E-state index contributed by atoms with van der Waals surface area (Å²) >= 11 is 6.27. The molecule has 2 aromatic heterocycles. The van der Waals surface area contributed by atoms with Gasteiger partial charge in [0, 0.05) is 41.8 Å². The van der Waals surface area contributed by atoms with E-state index in [0.29, 0.717) is 40.2 Å². The van der Waals surface area contributed by atoms with E-state index in [-0.39, 0.29) is 11.1 Å². The van der Waals surface area contributed by atoms with Crippen LogP contribution in [0.15, 0.2) is 53.5 Å². The maximum absolute atomic E-state index is 15.2. The number of likely N-dealkylation sites (tertiary alicyclic amines) is 1. The molecule has 1 fully saturated rings. The van der Waals surface area contributed by atoms with Crippen molar-refractivity contribution >= 4 is 28.5 Å². The summed E-state index contributed by atoms with van der Waals surface area (Å²) in [5, 5.41) is 11.6. The van der Waals surface area contributed by atoms with Gasteiger partial charge in [0.1, 0.15) is 5.65 Å². The van der Waals surface area contributed by atoms with Crippen molar-refractivity contribution in [2.45, 2.75) is 83.3 Å². The SMILES string of the molecule is CC(=N)NCC[C@@H]1CCCC[C@@H](c2ccc(-n3cc4cc(-c5cc(CCC[C@H](C)N)cc(Cl)c5F)[nH]c4nc3=O)cc2)N1C. The molecule has 1 aliphatic heterocycles. The van der Waals surface area contributed by atoms with Gasteiger partial charge in [0.05, 0.1) is 22.2 Å². The number of fused-ring (bicyclic) bond motifs is 1. The minimum Gasteiger partial charge on any atom is -0.374 e. The van der Waals surface area contributed by atoms with Gasteiger partial charge in [-0.2, -0.15) is 4.98 Å². The summed E-state index contributed by atoms with van der Waals surface area (Å²) in [5.74, 6) is -0.00599. The molecule has 8 nitrogen and oxygen atoms in total. The number of hydrogen-bond acceptors (Lipinski definition) is 5. The van der Waals surface area contributed by atoms with Crippen LogP contribution in [0.2, 0.25) is 5.02 Å². The summed E-state index contributed by atoms with van der Waals surface area (Å²) in [4.78, 5) is 23.0. The molecule has 2 aromatic carbocycles. The van der Waals surface area contributed by atoms with Gasteiger partial charge in [-0.25, -0.2) is 9.18 Å². The third-order valence-electron chi connectivity index (χ3n) is 8.77. The lowest BCUT2D eigenvalue weighted by Crippen LogP contribution is -2.36. The number of aryl methyl sites for hydroxylation is 1. The van der Waals surface area contributed by atoms with Crippen LogP contribution in [0.5, 0.6) is 0 Å². The second-order valence-corrected chi connectivity index (χ2v) is 12.6. The maximum Gasteiger partial charge on any atom is 0.354 e. The predicted molar refractivity (Wildman–Crippen MR) is 177 cm³/mol. The van der Waals surface area contributed by atoms with Crippen molar-refractivity contribution in [1.82, 2.24) is 24.8 Å². The van der Waals surface area contributed by atoms with Gasteiger partial charge in [-0.15, -0.1) is 0 Å². The molecule has 3 heterocycles. The predicted octanol–water partition coefficient (Wildman–Crippen LogP) is 6.74. The molecule has 10 heteroatoms. The number of hydrogen-bond donors (Lipinski definition) is 4. The van der Waals surface area contributed by atoms with Gasteiger partial charge in [0.25, 0.3) is 0 Å². The zero-order valence-electron chi connectivity index (χ0n) is 25.8. The maximum atomic E-state index is 15.2. The Morgan fingerprint density at radius 1 is 1.23 bits per heavy atom. The number of benzene rings is 2. The first-order chi connectivity index (χ1) is 21.1. The summed E-state index contributed by atoms with van der Waals surface area (Å²) in [6.07, 6.45) is 9.83. The van der Waals surface area contributed by atoms with Gasteiger partial charge in [0.2, 0.25) is 0 Å². The number of aromatic amines is 1. The van der Waals surface area contributed by atoms with E-state index >= 15 is 4.39 Å². The van der Waals surface area contributed by atoms with Crippen LogP contribution in [-0.4, -0.2) is 50.9 Å². The molecule has 0 radical (unpaired) electrons.